The molecule has 0 fully saturated rings. The molecule has 0 aliphatic rings. The van der Waals surface area contributed by atoms with Crippen molar-refractivity contribution in [2.45, 2.75) is 13.3 Å². The highest BCUT2D eigenvalue weighted by Crippen LogP contribution is 2.24. The summed E-state index contributed by atoms with van der Waals surface area (Å²) in [4.78, 5) is 15.8. The number of nitrogens with one attached hydrogen (secondary N) is 1. The van der Waals surface area contributed by atoms with Crippen LogP contribution in [0.3, 0.4) is 0 Å². The van der Waals surface area contributed by atoms with Crippen molar-refractivity contribution in [1.82, 2.24) is 4.98 Å². The molecular weight excluding hydrogens is 262 g/mol. The number of fused-ring (bicyclic) bond motifs is 1. The normalized spacial score (nSPS) is 10.8. The molecule has 2 aromatic carbocycles. The lowest BCUT2D eigenvalue weighted by molar-refractivity contribution is 0.0993. The van der Waals surface area contributed by atoms with Crippen molar-refractivity contribution in [1.29, 1.82) is 0 Å². The molecule has 0 bridgehead atoms. The van der Waals surface area contributed by atoms with Gasteiger partial charge < -0.3 is 9.72 Å². The summed E-state index contributed by atoms with van der Waals surface area (Å²) in [5.41, 5.74) is 3.78. The van der Waals surface area contributed by atoms with E-state index in [1.807, 2.05) is 49.4 Å². The molecule has 106 valence electrons. The summed E-state index contributed by atoms with van der Waals surface area (Å²) in [6, 6.07) is 13.7. The molecule has 0 spiro atoms. The number of H-pyrrole nitrogens is 1. The Bertz CT molecular complexity index is 802. The Morgan fingerprint density at radius 3 is 2.81 bits per heavy atom. The Morgan fingerprint density at radius 2 is 2.00 bits per heavy atom. The average Bonchev–Trinajstić information content (AvgIpc) is 2.90. The average molecular weight is 279 g/mol. The summed E-state index contributed by atoms with van der Waals surface area (Å²) in [6.07, 6.45) is 2.13. The number of rotatable bonds is 4. The number of aromatic nitrogens is 1. The van der Waals surface area contributed by atoms with Crippen molar-refractivity contribution in [3.05, 3.63) is 65.4 Å². The predicted octanol–water partition coefficient (Wildman–Crippen LogP) is 3.91. The molecular formula is C18H17NO2. The summed E-state index contributed by atoms with van der Waals surface area (Å²) in [7, 11) is 1.62. The molecule has 0 aliphatic heterocycles. The van der Waals surface area contributed by atoms with Crippen LogP contribution in [0.15, 0.2) is 48.7 Å². The SMILES string of the molecule is COc1ccccc1CC(=O)c1c[nH]c2ccc(C)cc12. The van der Waals surface area contributed by atoms with Gasteiger partial charge in [-0.3, -0.25) is 4.79 Å². The summed E-state index contributed by atoms with van der Waals surface area (Å²) in [5.74, 6) is 0.846. The standard InChI is InChI=1S/C18H17NO2/c1-12-7-8-16-14(9-12)15(11-19-16)17(20)10-13-5-3-4-6-18(13)21-2/h3-9,11,19H,10H2,1-2H3. The summed E-state index contributed by atoms with van der Waals surface area (Å²) in [6.45, 7) is 2.03. The molecule has 1 N–H and O–H groups in total. The Morgan fingerprint density at radius 1 is 1.19 bits per heavy atom. The van der Waals surface area contributed by atoms with Gasteiger partial charge in [0.1, 0.15) is 5.75 Å². The van der Waals surface area contributed by atoms with E-state index in [1.54, 1.807) is 13.3 Å². The fourth-order valence-corrected chi connectivity index (χ4v) is 2.58. The smallest absolute Gasteiger partial charge is 0.169 e. The summed E-state index contributed by atoms with van der Waals surface area (Å²) >= 11 is 0. The van der Waals surface area contributed by atoms with E-state index in [0.717, 1.165) is 33.3 Å². The monoisotopic (exact) mass is 279 g/mol. The third kappa shape index (κ3) is 2.55. The number of Topliss-reactive ketones (excluding diaryl/α,β-unsaturated/α-hetero) is 1. The van der Waals surface area contributed by atoms with Crippen LogP contribution in [0.1, 0.15) is 21.5 Å². The van der Waals surface area contributed by atoms with Crippen LogP contribution in [0, 0.1) is 6.92 Å². The molecule has 0 radical (unpaired) electrons. The van der Waals surface area contributed by atoms with Crippen molar-refractivity contribution in [2.24, 2.45) is 0 Å². The van der Waals surface area contributed by atoms with Gasteiger partial charge in [0.2, 0.25) is 0 Å². The number of aromatic amines is 1. The maximum atomic E-state index is 12.6. The third-order valence-corrected chi connectivity index (χ3v) is 3.68. The van der Waals surface area contributed by atoms with Gasteiger partial charge in [-0.05, 0) is 25.1 Å². The number of aryl methyl sites for hydroxylation is 1. The van der Waals surface area contributed by atoms with Crippen LogP contribution in [0.2, 0.25) is 0 Å². The first-order valence-electron chi connectivity index (χ1n) is 6.92. The Balaban J connectivity index is 1.96. The van der Waals surface area contributed by atoms with Crippen LogP contribution in [0.25, 0.3) is 10.9 Å². The molecule has 1 heterocycles. The van der Waals surface area contributed by atoms with Gasteiger partial charge in [-0.25, -0.2) is 0 Å². The molecule has 0 unspecified atom stereocenters. The van der Waals surface area contributed by atoms with Gasteiger partial charge in [0.25, 0.3) is 0 Å². The van der Waals surface area contributed by atoms with Crippen molar-refractivity contribution in [3.63, 3.8) is 0 Å². The van der Waals surface area contributed by atoms with E-state index in [9.17, 15) is 4.79 Å². The van der Waals surface area contributed by atoms with E-state index in [4.69, 9.17) is 4.74 Å². The molecule has 0 amide bonds. The van der Waals surface area contributed by atoms with E-state index >= 15 is 0 Å². The quantitative estimate of drug-likeness (QED) is 0.736. The van der Waals surface area contributed by atoms with E-state index < -0.39 is 0 Å². The minimum atomic E-state index is 0.0938. The number of ketones is 1. The van der Waals surface area contributed by atoms with Gasteiger partial charge in [-0.15, -0.1) is 0 Å². The van der Waals surface area contributed by atoms with Crippen LogP contribution in [-0.2, 0) is 6.42 Å². The van der Waals surface area contributed by atoms with Gasteiger partial charge in [0, 0.05) is 34.6 Å². The molecule has 21 heavy (non-hydrogen) atoms. The minimum Gasteiger partial charge on any atom is -0.496 e. The molecule has 0 saturated heterocycles. The van der Waals surface area contributed by atoms with Crippen LogP contribution in [-0.4, -0.2) is 17.9 Å². The number of para-hydroxylation sites is 1. The lowest BCUT2D eigenvalue weighted by Gasteiger charge is -2.07. The van der Waals surface area contributed by atoms with Crippen LogP contribution < -0.4 is 4.74 Å². The molecule has 1 aromatic heterocycles. The summed E-state index contributed by atoms with van der Waals surface area (Å²) in [5, 5.41) is 0.981. The highest BCUT2D eigenvalue weighted by atomic mass is 16.5. The zero-order chi connectivity index (χ0) is 14.8. The molecule has 0 saturated carbocycles. The third-order valence-electron chi connectivity index (χ3n) is 3.68. The first kappa shape index (κ1) is 13.4. The fourth-order valence-electron chi connectivity index (χ4n) is 2.58. The van der Waals surface area contributed by atoms with Crippen molar-refractivity contribution < 1.29 is 9.53 Å². The highest BCUT2D eigenvalue weighted by Gasteiger charge is 2.14. The first-order chi connectivity index (χ1) is 10.2. The molecule has 3 rings (SSSR count). The van der Waals surface area contributed by atoms with Crippen LogP contribution in [0.4, 0.5) is 0 Å². The second-order valence-corrected chi connectivity index (χ2v) is 5.16. The molecule has 0 atom stereocenters. The van der Waals surface area contributed by atoms with Crippen molar-refractivity contribution >= 4 is 16.7 Å². The Labute approximate surface area is 123 Å². The zero-order valence-electron chi connectivity index (χ0n) is 12.1. The topological polar surface area (TPSA) is 42.1 Å². The van der Waals surface area contributed by atoms with E-state index in [-0.39, 0.29) is 5.78 Å². The number of benzene rings is 2. The zero-order valence-corrected chi connectivity index (χ0v) is 12.1. The number of ether oxygens (including phenoxy) is 1. The maximum absolute atomic E-state index is 12.6. The lowest BCUT2D eigenvalue weighted by Crippen LogP contribution is -2.04. The van der Waals surface area contributed by atoms with Gasteiger partial charge in [-0.2, -0.15) is 0 Å². The van der Waals surface area contributed by atoms with Gasteiger partial charge >= 0.3 is 0 Å². The van der Waals surface area contributed by atoms with Crippen molar-refractivity contribution in [3.8, 4) is 5.75 Å². The molecule has 0 aliphatic carbocycles. The van der Waals surface area contributed by atoms with Crippen LogP contribution >= 0.6 is 0 Å². The maximum Gasteiger partial charge on any atom is 0.169 e. The number of methoxy groups -OCH3 is 1. The summed E-state index contributed by atoms with van der Waals surface area (Å²) < 4.78 is 5.31. The number of carbonyl (C=O) groups excluding carboxylic acids is 1. The van der Waals surface area contributed by atoms with E-state index in [2.05, 4.69) is 4.98 Å². The molecule has 3 heteroatoms. The fraction of sp³-hybridized carbons (Fsp3) is 0.167. The molecule has 3 aromatic rings. The highest BCUT2D eigenvalue weighted by molar-refractivity contribution is 6.08. The van der Waals surface area contributed by atoms with Crippen LogP contribution in [0.5, 0.6) is 5.75 Å². The van der Waals surface area contributed by atoms with Crippen molar-refractivity contribution in [2.75, 3.05) is 7.11 Å². The minimum absolute atomic E-state index is 0.0938. The Kier molecular flexibility index (Phi) is 3.48. The van der Waals surface area contributed by atoms with E-state index in [0.29, 0.717) is 6.42 Å². The second kappa shape index (κ2) is 5.44. The molecule has 3 nitrogen and oxygen atoms in total. The Hall–Kier alpha value is -2.55. The predicted molar refractivity (Wildman–Crippen MR) is 84.1 cm³/mol. The van der Waals surface area contributed by atoms with Gasteiger partial charge in [-0.1, -0.05) is 29.8 Å². The lowest BCUT2D eigenvalue weighted by atomic mass is 10.0. The van der Waals surface area contributed by atoms with Gasteiger partial charge in [0.15, 0.2) is 5.78 Å². The van der Waals surface area contributed by atoms with Gasteiger partial charge in [0.05, 0.1) is 7.11 Å². The second-order valence-electron chi connectivity index (χ2n) is 5.16. The largest absolute Gasteiger partial charge is 0.496 e. The number of hydrogen-bond donors (Lipinski definition) is 1. The first-order valence-corrected chi connectivity index (χ1v) is 6.92. The number of hydrogen-bond acceptors (Lipinski definition) is 2. The number of carbonyl (C=O) groups is 1. The van der Waals surface area contributed by atoms with E-state index in [1.165, 1.54) is 0 Å².